The number of nitrogens with zero attached hydrogens (tertiary/aromatic N) is 2. The van der Waals surface area contributed by atoms with Crippen LogP contribution in [0.1, 0.15) is 19.8 Å². The summed E-state index contributed by atoms with van der Waals surface area (Å²) in [5.74, 6) is -2.15. The Balaban J connectivity index is 1.78. The Morgan fingerprint density at radius 3 is 2.88 bits per heavy atom. The highest BCUT2D eigenvalue weighted by Gasteiger charge is 2.42. The molecule has 4 rings (SSSR count). The molecule has 1 atom stereocenters. The van der Waals surface area contributed by atoms with Crippen molar-refractivity contribution in [2.24, 2.45) is 10.9 Å². The standard InChI is InChI=1S/C16H18F3N3OS/c1-16(18,19)13-8-23-5-4-22(13)11-6-10(17)7-12-14(11)20-15(21-24-12)9-2-3-9/h6-7,9,13H,2-5,8H2,1H3,(H,20,21). The normalized spacial score (nSPS) is 24.2. The highest BCUT2D eigenvalue weighted by Crippen LogP contribution is 2.45. The largest absolute Gasteiger partial charge is 0.377 e. The Morgan fingerprint density at radius 2 is 2.17 bits per heavy atom. The molecule has 4 nitrogen and oxygen atoms in total. The number of morpholine rings is 1. The lowest BCUT2D eigenvalue weighted by molar-refractivity contribution is -0.0526. The number of ether oxygens (including phenoxy) is 1. The lowest BCUT2D eigenvalue weighted by Crippen LogP contribution is -2.54. The van der Waals surface area contributed by atoms with Crippen LogP contribution in [0.2, 0.25) is 0 Å². The smallest absolute Gasteiger partial charge is 0.267 e. The zero-order valence-corrected chi connectivity index (χ0v) is 14.0. The molecule has 0 spiro atoms. The number of halogens is 3. The van der Waals surface area contributed by atoms with Crippen molar-refractivity contribution in [3.63, 3.8) is 0 Å². The van der Waals surface area contributed by atoms with E-state index in [9.17, 15) is 13.2 Å². The first-order chi connectivity index (χ1) is 11.4. The number of hydrogen-bond acceptors (Lipinski definition) is 5. The van der Waals surface area contributed by atoms with E-state index >= 15 is 0 Å². The van der Waals surface area contributed by atoms with Crippen molar-refractivity contribution in [3.8, 4) is 0 Å². The number of aliphatic imine (C=N–C) groups is 1. The molecule has 2 fully saturated rings. The van der Waals surface area contributed by atoms with Gasteiger partial charge in [0.2, 0.25) is 0 Å². The summed E-state index contributed by atoms with van der Waals surface area (Å²) in [5, 5.41) is 0. The summed E-state index contributed by atoms with van der Waals surface area (Å²) in [5.41, 5.74) is 1.00. The van der Waals surface area contributed by atoms with Crippen molar-refractivity contribution in [1.82, 2.24) is 4.72 Å². The first kappa shape index (κ1) is 16.1. The monoisotopic (exact) mass is 357 g/mol. The molecular formula is C16H18F3N3OS. The van der Waals surface area contributed by atoms with Gasteiger partial charge < -0.3 is 14.4 Å². The van der Waals surface area contributed by atoms with Crippen LogP contribution in [0, 0.1) is 11.7 Å². The summed E-state index contributed by atoms with van der Waals surface area (Å²) in [6.45, 7) is 1.42. The Kier molecular flexibility index (Phi) is 3.91. The van der Waals surface area contributed by atoms with Crippen LogP contribution in [0.15, 0.2) is 22.0 Å². The molecule has 1 aromatic rings. The van der Waals surface area contributed by atoms with Crippen LogP contribution in [-0.4, -0.2) is 37.6 Å². The molecule has 24 heavy (non-hydrogen) atoms. The lowest BCUT2D eigenvalue weighted by Gasteiger charge is -2.41. The van der Waals surface area contributed by atoms with Crippen LogP contribution < -0.4 is 9.62 Å². The highest BCUT2D eigenvalue weighted by atomic mass is 32.2. The van der Waals surface area contributed by atoms with E-state index in [-0.39, 0.29) is 13.2 Å². The first-order valence-electron chi connectivity index (χ1n) is 8.00. The minimum Gasteiger partial charge on any atom is -0.377 e. The number of alkyl halides is 2. The number of nitrogens with one attached hydrogen (secondary N) is 1. The zero-order chi connectivity index (χ0) is 16.9. The molecule has 3 aliphatic rings. The van der Waals surface area contributed by atoms with Crippen LogP contribution >= 0.6 is 11.9 Å². The Morgan fingerprint density at radius 1 is 1.38 bits per heavy atom. The van der Waals surface area contributed by atoms with Crippen molar-refractivity contribution in [1.29, 1.82) is 0 Å². The maximum absolute atomic E-state index is 14.1. The van der Waals surface area contributed by atoms with Gasteiger partial charge in [-0.2, -0.15) is 0 Å². The SMILES string of the molecule is CC(F)(F)C1COCCN1c1cc(F)cc2c1N=C(C1CC1)NS2. The molecule has 1 aromatic carbocycles. The second-order valence-electron chi connectivity index (χ2n) is 6.49. The third-order valence-electron chi connectivity index (χ3n) is 4.50. The van der Waals surface area contributed by atoms with Crippen LogP contribution in [0.3, 0.4) is 0 Å². The van der Waals surface area contributed by atoms with Gasteiger partial charge in [0.25, 0.3) is 5.92 Å². The Hall–Kier alpha value is -1.41. The summed E-state index contributed by atoms with van der Waals surface area (Å²) in [7, 11) is 0. The van der Waals surface area contributed by atoms with Gasteiger partial charge >= 0.3 is 0 Å². The van der Waals surface area contributed by atoms with Crippen LogP contribution in [0.25, 0.3) is 0 Å². The molecule has 130 valence electrons. The predicted octanol–water partition coefficient (Wildman–Crippen LogP) is 3.74. The molecule has 1 unspecified atom stereocenters. The zero-order valence-electron chi connectivity index (χ0n) is 13.2. The Bertz CT molecular complexity index is 688. The van der Waals surface area contributed by atoms with Gasteiger partial charge in [-0.3, -0.25) is 0 Å². The third kappa shape index (κ3) is 2.97. The van der Waals surface area contributed by atoms with Gasteiger partial charge in [0.1, 0.15) is 23.4 Å². The Labute approximate surface area is 142 Å². The molecule has 2 aliphatic heterocycles. The van der Waals surface area contributed by atoms with Crippen molar-refractivity contribution >= 4 is 29.2 Å². The predicted molar refractivity (Wildman–Crippen MR) is 87.8 cm³/mol. The average molecular weight is 357 g/mol. The van der Waals surface area contributed by atoms with E-state index in [1.807, 2.05) is 0 Å². The van der Waals surface area contributed by atoms with E-state index in [0.29, 0.717) is 28.8 Å². The van der Waals surface area contributed by atoms with Crippen molar-refractivity contribution < 1.29 is 17.9 Å². The number of amidine groups is 1. The van der Waals surface area contributed by atoms with Crippen LogP contribution in [0.5, 0.6) is 0 Å². The summed E-state index contributed by atoms with van der Waals surface area (Å²) in [6, 6.07) is 1.57. The first-order valence-corrected chi connectivity index (χ1v) is 8.82. The fourth-order valence-corrected chi connectivity index (χ4v) is 3.91. The second kappa shape index (κ2) is 5.84. The number of anilines is 1. The summed E-state index contributed by atoms with van der Waals surface area (Å²) < 4.78 is 50.5. The van der Waals surface area contributed by atoms with E-state index in [1.165, 1.54) is 24.1 Å². The lowest BCUT2D eigenvalue weighted by atomic mass is 10.1. The third-order valence-corrected chi connectivity index (χ3v) is 5.35. The molecular weight excluding hydrogens is 339 g/mol. The van der Waals surface area contributed by atoms with Gasteiger partial charge in [-0.15, -0.1) is 0 Å². The number of fused-ring (bicyclic) bond motifs is 1. The van der Waals surface area contributed by atoms with Crippen LogP contribution in [0.4, 0.5) is 24.5 Å². The molecule has 8 heteroatoms. The highest BCUT2D eigenvalue weighted by molar-refractivity contribution is 7.98. The fraction of sp³-hybridized carbons (Fsp3) is 0.562. The maximum Gasteiger partial charge on any atom is 0.267 e. The van der Waals surface area contributed by atoms with Crippen molar-refractivity contribution in [2.45, 2.75) is 36.6 Å². The summed E-state index contributed by atoms with van der Waals surface area (Å²) >= 11 is 1.30. The van der Waals surface area contributed by atoms with Gasteiger partial charge in [-0.25, -0.2) is 18.2 Å². The minimum atomic E-state index is -2.96. The molecule has 1 saturated heterocycles. The maximum atomic E-state index is 14.1. The van der Waals surface area contributed by atoms with Crippen molar-refractivity contribution in [3.05, 3.63) is 17.9 Å². The quantitative estimate of drug-likeness (QED) is 0.837. The molecule has 2 heterocycles. The molecule has 1 aliphatic carbocycles. The molecule has 0 aromatic heterocycles. The molecule has 0 amide bonds. The van der Waals surface area contributed by atoms with Gasteiger partial charge in [0, 0.05) is 19.4 Å². The fourth-order valence-electron chi connectivity index (χ4n) is 3.06. The molecule has 0 radical (unpaired) electrons. The number of rotatable bonds is 3. The van der Waals surface area contributed by atoms with Crippen molar-refractivity contribution in [2.75, 3.05) is 24.7 Å². The molecule has 0 bridgehead atoms. The van der Waals surface area contributed by atoms with E-state index in [2.05, 4.69) is 9.71 Å². The van der Waals surface area contributed by atoms with E-state index < -0.39 is 17.8 Å². The number of hydrogen-bond donors (Lipinski definition) is 1. The van der Waals surface area contributed by atoms with E-state index in [1.54, 1.807) is 4.90 Å². The average Bonchev–Trinajstić information content (AvgIpc) is 3.38. The van der Waals surface area contributed by atoms with Gasteiger partial charge in [-0.05, 0) is 36.9 Å². The van der Waals surface area contributed by atoms with Crippen LogP contribution in [-0.2, 0) is 4.74 Å². The molecule has 1 N–H and O–H groups in total. The van der Waals surface area contributed by atoms with E-state index in [4.69, 9.17) is 4.74 Å². The second-order valence-corrected chi connectivity index (χ2v) is 7.34. The van der Waals surface area contributed by atoms with Gasteiger partial charge in [0.05, 0.1) is 23.8 Å². The number of benzene rings is 1. The van der Waals surface area contributed by atoms with Gasteiger partial charge in [0.15, 0.2) is 0 Å². The van der Waals surface area contributed by atoms with Gasteiger partial charge in [-0.1, -0.05) is 0 Å². The summed E-state index contributed by atoms with van der Waals surface area (Å²) in [4.78, 5) is 6.80. The summed E-state index contributed by atoms with van der Waals surface area (Å²) in [6.07, 6.45) is 2.15. The molecule has 1 saturated carbocycles. The van der Waals surface area contributed by atoms with E-state index in [0.717, 1.165) is 25.6 Å². The topological polar surface area (TPSA) is 36.9 Å². The minimum absolute atomic E-state index is 0.0840.